The van der Waals surface area contributed by atoms with Crippen LogP contribution in [0.2, 0.25) is 0 Å². The van der Waals surface area contributed by atoms with Crippen molar-refractivity contribution in [1.29, 1.82) is 5.26 Å². The van der Waals surface area contributed by atoms with Gasteiger partial charge in [0.05, 0.1) is 51.3 Å². The van der Waals surface area contributed by atoms with Crippen LogP contribution in [0.5, 0.6) is 0 Å². The van der Waals surface area contributed by atoms with E-state index in [0.29, 0.717) is 11.3 Å². The Morgan fingerprint density at radius 1 is 0.400 bits per heavy atom. The van der Waals surface area contributed by atoms with E-state index in [4.69, 9.17) is 6.57 Å². The van der Waals surface area contributed by atoms with Gasteiger partial charge in [0.15, 0.2) is 5.69 Å². The van der Waals surface area contributed by atoms with Crippen molar-refractivity contribution in [2.24, 2.45) is 0 Å². The number of nitriles is 1. The Hall–Kier alpha value is -7.86. The third-order valence-corrected chi connectivity index (χ3v) is 11.1. The van der Waals surface area contributed by atoms with E-state index in [2.05, 4.69) is 182 Å². The molecule has 11 aromatic rings. The highest BCUT2D eigenvalue weighted by Crippen LogP contribution is 2.39. The molecule has 0 aliphatic carbocycles. The van der Waals surface area contributed by atoms with Gasteiger partial charge in [0, 0.05) is 44.0 Å². The lowest BCUT2D eigenvalue weighted by Crippen LogP contribution is -1.97. The maximum atomic E-state index is 10.5. The Bertz CT molecular complexity index is 3400. The Kier molecular flexibility index (Phi) is 6.61. The quantitative estimate of drug-likeness (QED) is 0.169. The number of hydrogen-bond donors (Lipinski definition) is 0. The first-order valence-electron chi connectivity index (χ1n) is 18.3. The second-order valence-electron chi connectivity index (χ2n) is 14.0. The van der Waals surface area contributed by atoms with Crippen molar-refractivity contribution in [3.8, 4) is 34.3 Å². The van der Waals surface area contributed by atoms with Crippen LogP contribution in [0.3, 0.4) is 0 Å². The number of aromatic nitrogens is 3. The van der Waals surface area contributed by atoms with Crippen LogP contribution in [0.1, 0.15) is 5.56 Å². The van der Waals surface area contributed by atoms with Crippen LogP contribution in [-0.2, 0) is 0 Å². The van der Waals surface area contributed by atoms with Gasteiger partial charge < -0.3 is 13.7 Å². The average Bonchev–Trinajstić information content (AvgIpc) is 3.88. The van der Waals surface area contributed by atoms with E-state index in [1.54, 1.807) is 0 Å². The van der Waals surface area contributed by atoms with Crippen LogP contribution >= 0.6 is 0 Å². The van der Waals surface area contributed by atoms with Crippen molar-refractivity contribution in [3.63, 3.8) is 0 Å². The Morgan fingerprint density at radius 2 is 0.855 bits per heavy atom. The number of rotatable bonds is 4. The van der Waals surface area contributed by atoms with Crippen molar-refractivity contribution >= 4 is 71.1 Å². The SMILES string of the molecule is [C-]#[N+]c1ccc2c(c1)c1ccccc1n2-c1ccc2c3ccccc3n(-c3ccc(-c4ccc(-n5c6ccccc6c6ccccc65)cc4C#N)cc3)c2c1. The molecule has 8 aromatic carbocycles. The van der Waals surface area contributed by atoms with Crippen molar-refractivity contribution in [2.45, 2.75) is 0 Å². The van der Waals surface area contributed by atoms with Gasteiger partial charge in [-0.05, 0) is 89.3 Å². The summed E-state index contributed by atoms with van der Waals surface area (Å²) in [6, 6.07) is 63.7. The van der Waals surface area contributed by atoms with E-state index in [1.807, 2.05) is 18.2 Å². The molecule has 3 heterocycles. The van der Waals surface area contributed by atoms with E-state index in [1.165, 1.54) is 21.5 Å². The zero-order chi connectivity index (χ0) is 36.6. The molecule has 0 N–H and O–H groups in total. The van der Waals surface area contributed by atoms with Crippen LogP contribution < -0.4 is 0 Å². The molecule has 0 aliphatic heterocycles. The van der Waals surface area contributed by atoms with Gasteiger partial charge in [0.25, 0.3) is 0 Å². The van der Waals surface area contributed by atoms with Crippen molar-refractivity contribution in [2.75, 3.05) is 0 Å². The molecule has 5 nitrogen and oxygen atoms in total. The Balaban J connectivity index is 1.04. The van der Waals surface area contributed by atoms with Crippen LogP contribution in [0.15, 0.2) is 176 Å². The highest BCUT2D eigenvalue weighted by atomic mass is 15.0. The van der Waals surface area contributed by atoms with Gasteiger partial charge in [-0.25, -0.2) is 4.85 Å². The first kappa shape index (κ1) is 30.7. The zero-order valence-electron chi connectivity index (χ0n) is 29.5. The molecule has 254 valence electrons. The lowest BCUT2D eigenvalue weighted by Gasteiger charge is -2.13. The van der Waals surface area contributed by atoms with E-state index in [9.17, 15) is 5.26 Å². The standard InChI is InChI=1S/C50H29N5/c1-52-34-20-27-49-44(29-34)42-13-5-9-17-48(42)55(49)37-24-26-43-41-12-4-6-14-45(41)53(50(43)30-37)35-21-18-32(19-22-35)38-25-23-36(28-33(38)31-51)54-46-15-7-2-10-39(46)40-11-3-8-16-47(40)54/h2-30H. The minimum absolute atomic E-state index is 0.628. The predicted octanol–water partition coefficient (Wildman–Crippen LogP) is 13.1. The molecule has 5 heteroatoms. The number of para-hydroxylation sites is 4. The van der Waals surface area contributed by atoms with Crippen LogP contribution in [-0.4, -0.2) is 13.7 Å². The molecular weight excluding hydrogens is 671 g/mol. The summed E-state index contributed by atoms with van der Waals surface area (Å²) in [5, 5.41) is 17.4. The maximum Gasteiger partial charge on any atom is 0.188 e. The summed E-state index contributed by atoms with van der Waals surface area (Å²) in [6.07, 6.45) is 0. The minimum Gasteiger partial charge on any atom is -0.309 e. The summed E-state index contributed by atoms with van der Waals surface area (Å²) in [5.74, 6) is 0. The molecule has 0 fully saturated rings. The number of nitrogens with zero attached hydrogens (tertiary/aromatic N) is 5. The van der Waals surface area contributed by atoms with Crippen molar-refractivity contribution < 1.29 is 0 Å². The summed E-state index contributed by atoms with van der Waals surface area (Å²) in [6.45, 7) is 7.61. The van der Waals surface area contributed by atoms with Gasteiger partial charge in [-0.15, -0.1) is 0 Å². The van der Waals surface area contributed by atoms with Gasteiger partial charge >= 0.3 is 0 Å². The third kappa shape index (κ3) is 4.51. The van der Waals surface area contributed by atoms with E-state index < -0.39 is 0 Å². The lowest BCUT2D eigenvalue weighted by atomic mass is 9.99. The average molecular weight is 700 g/mol. The first-order valence-corrected chi connectivity index (χ1v) is 18.3. The summed E-state index contributed by atoms with van der Waals surface area (Å²) in [7, 11) is 0. The van der Waals surface area contributed by atoms with Gasteiger partial charge in [0.2, 0.25) is 0 Å². The monoisotopic (exact) mass is 699 g/mol. The number of fused-ring (bicyclic) bond motifs is 9. The molecule has 11 rings (SSSR count). The molecule has 0 amide bonds. The van der Waals surface area contributed by atoms with Crippen LogP contribution in [0, 0.1) is 17.9 Å². The Morgan fingerprint density at radius 3 is 1.42 bits per heavy atom. The second-order valence-corrected chi connectivity index (χ2v) is 14.0. The summed E-state index contributed by atoms with van der Waals surface area (Å²) in [4.78, 5) is 3.71. The second kappa shape index (κ2) is 11.8. The molecular formula is C50H29N5. The van der Waals surface area contributed by atoms with Crippen LogP contribution in [0.4, 0.5) is 5.69 Å². The smallest absolute Gasteiger partial charge is 0.188 e. The molecule has 0 aliphatic rings. The summed E-state index contributed by atoms with van der Waals surface area (Å²) in [5.41, 5.74) is 12.8. The third-order valence-electron chi connectivity index (χ3n) is 11.1. The molecule has 0 radical (unpaired) electrons. The molecule has 0 atom stereocenters. The molecule has 0 saturated carbocycles. The van der Waals surface area contributed by atoms with Gasteiger partial charge in [-0.2, -0.15) is 5.26 Å². The molecule has 0 bridgehead atoms. The number of hydrogen-bond acceptors (Lipinski definition) is 1. The van der Waals surface area contributed by atoms with E-state index >= 15 is 0 Å². The summed E-state index contributed by atoms with van der Waals surface area (Å²) >= 11 is 0. The van der Waals surface area contributed by atoms with E-state index in [0.717, 1.165) is 72.1 Å². The fraction of sp³-hybridized carbons (Fsp3) is 0. The topological polar surface area (TPSA) is 42.9 Å². The van der Waals surface area contributed by atoms with Gasteiger partial charge in [-0.1, -0.05) is 103 Å². The first-order chi connectivity index (χ1) is 27.2. The minimum atomic E-state index is 0.628. The van der Waals surface area contributed by atoms with Crippen molar-refractivity contribution in [3.05, 3.63) is 193 Å². The molecule has 0 unspecified atom stereocenters. The maximum absolute atomic E-state index is 10.5. The molecule has 0 spiro atoms. The largest absolute Gasteiger partial charge is 0.309 e. The molecule has 3 aromatic heterocycles. The fourth-order valence-electron chi connectivity index (χ4n) is 8.69. The van der Waals surface area contributed by atoms with Gasteiger partial charge in [0.1, 0.15) is 0 Å². The molecule has 55 heavy (non-hydrogen) atoms. The van der Waals surface area contributed by atoms with Gasteiger partial charge in [-0.3, -0.25) is 0 Å². The Labute approximate surface area is 316 Å². The highest BCUT2D eigenvalue weighted by molar-refractivity contribution is 6.13. The predicted molar refractivity (Wildman–Crippen MR) is 226 cm³/mol. The fourth-order valence-corrected chi connectivity index (χ4v) is 8.69. The highest BCUT2D eigenvalue weighted by Gasteiger charge is 2.18. The van der Waals surface area contributed by atoms with E-state index in [-0.39, 0.29) is 0 Å². The lowest BCUT2D eigenvalue weighted by molar-refractivity contribution is 1.15. The normalized spacial score (nSPS) is 11.6. The van der Waals surface area contributed by atoms with Crippen LogP contribution in [0.25, 0.3) is 98.5 Å². The summed E-state index contributed by atoms with van der Waals surface area (Å²) < 4.78 is 6.88. The number of benzene rings is 8. The zero-order valence-corrected chi connectivity index (χ0v) is 29.5. The van der Waals surface area contributed by atoms with Crippen molar-refractivity contribution in [1.82, 2.24) is 13.7 Å². The molecule has 0 saturated heterocycles.